The number of halogens is 1. The van der Waals surface area contributed by atoms with Gasteiger partial charge in [0.15, 0.2) is 0 Å². The van der Waals surface area contributed by atoms with Crippen molar-refractivity contribution in [2.45, 2.75) is 25.9 Å². The Morgan fingerprint density at radius 3 is 2.78 bits per heavy atom. The smallest absolute Gasteiger partial charge is 0.414 e. The van der Waals surface area contributed by atoms with Gasteiger partial charge in [0.2, 0.25) is 5.91 Å². The number of cyclic esters (lactones) is 1. The molecule has 0 aromatic heterocycles. The maximum atomic E-state index is 14.7. The van der Waals surface area contributed by atoms with Gasteiger partial charge in [0.05, 0.1) is 24.5 Å². The second kappa shape index (κ2) is 8.34. The van der Waals surface area contributed by atoms with E-state index in [2.05, 4.69) is 10.3 Å². The Bertz CT molecular complexity index is 745. The average Bonchev–Trinajstić information content (AvgIpc) is 3.02. The van der Waals surface area contributed by atoms with Crippen molar-refractivity contribution in [1.82, 2.24) is 5.32 Å². The molecule has 8 nitrogen and oxygen atoms in total. The highest BCUT2D eigenvalue weighted by Gasteiger charge is 2.33. The first-order valence-corrected chi connectivity index (χ1v) is 8.88. The molecular weight excluding hydrogens is 355 g/mol. The molecule has 3 rings (SSSR count). The third kappa shape index (κ3) is 4.54. The molecule has 2 amide bonds. The van der Waals surface area contributed by atoms with Gasteiger partial charge in [-0.3, -0.25) is 14.7 Å². The van der Waals surface area contributed by atoms with Crippen molar-refractivity contribution in [1.29, 1.82) is 0 Å². The fraction of sp³-hybridized carbons (Fsp3) is 0.500. The van der Waals surface area contributed by atoms with Gasteiger partial charge >= 0.3 is 6.09 Å². The average molecular weight is 378 g/mol. The third-order valence-electron chi connectivity index (χ3n) is 4.67. The molecule has 1 aromatic carbocycles. The number of rotatable bonds is 5. The van der Waals surface area contributed by atoms with Crippen molar-refractivity contribution in [3.05, 3.63) is 24.0 Å². The molecule has 27 heavy (non-hydrogen) atoms. The summed E-state index contributed by atoms with van der Waals surface area (Å²) in [6.07, 6.45) is 0.353. The summed E-state index contributed by atoms with van der Waals surface area (Å²) >= 11 is 0. The number of nitrogens with zero attached hydrogens (tertiary/aromatic N) is 3. The Labute approximate surface area is 156 Å². The molecule has 2 heterocycles. The van der Waals surface area contributed by atoms with Crippen LogP contribution in [0.5, 0.6) is 0 Å². The third-order valence-corrected chi connectivity index (χ3v) is 4.67. The molecule has 9 heteroatoms. The van der Waals surface area contributed by atoms with Gasteiger partial charge in [0, 0.05) is 38.6 Å². The van der Waals surface area contributed by atoms with Crippen LogP contribution in [0.3, 0.4) is 0 Å². The Hall–Kier alpha value is -2.68. The summed E-state index contributed by atoms with van der Waals surface area (Å²) in [4.78, 5) is 30.3. The van der Waals surface area contributed by atoms with Crippen LogP contribution in [0.25, 0.3) is 0 Å². The lowest BCUT2D eigenvalue weighted by Gasteiger charge is -2.30. The van der Waals surface area contributed by atoms with Gasteiger partial charge in [-0.15, -0.1) is 0 Å². The normalized spacial score (nSPS) is 19.9. The Kier molecular flexibility index (Phi) is 5.90. The molecule has 0 bridgehead atoms. The molecule has 146 valence electrons. The van der Waals surface area contributed by atoms with Gasteiger partial charge < -0.3 is 20.1 Å². The van der Waals surface area contributed by atoms with Crippen LogP contribution in [0.2, 0.25) is 0 Å². The van der Waals surface area contributed by atoms with E-state index in [4.69, 9.17) is 9.84 Å². The van der Waals surface area contributed by atoms with Gasteiger partial charge in [0.1, 0.15) is 18.7 Å². The monoisotopic (exact) mass is 378 g/mol. The van der Waals surface area contributed by atoms with E-state index in [0.717, 1.165) is 5.71 Å². The molecule has 0 radical (unpaired) electrons. The van der Waals surface area contributed by atoms with Gasteiger partial charge in [-0.05, 0) is 18.2 Å². The van der Waals surface area contributed by atoms with Gasteiger partial charge in [0.25, 0.3) is 0 Å². The van der Waals surface area contributed by atoms with Crippen LogP contribution in [-0.2, 0) is 9.53 Å². The second-order valence-corrected chi connectivity index (χ2v) is 6.54. The molecule has 2 fully saturated rings. The second-order valence-electron chi connectivity index (χ2n) is 6.54. The minimum atomic E-state index is -0.555. The summed E-state index contributed by atoms with van der Waals surface area (Å²) in [7, 11) is 0. The Morgan fingerprint density at radius 1 is 1.41 bits per heavy atom. The molecule has 0 spiro atoms. The van der Waals surface area contributed by atoms with E-state index in [1.807, 2.05) is 4.90 Å². The first kappa shape index (κ1) is 19.1. The maximum Gasteiger partial charge on any atom is 0.414 e. The fourth-order valence-corrected chi connectivity index (χ4v) is 3.28. The molecule has 2 N–H and O–H groups in total. The number of carbonyl (C=O) groups excluding carboxylic acids is 2. The maximum absolute atomic E-state index is 14.7. The minimum absolute atomic E-state index is 0.200. The van der Waals surface area contributed by atoms with Crippen LogP contribution in [0.15, 0.2) is 23.2 Å². The highest BCUT2D eigenvalue weighted by Crippen LogP contribution is 2.29. The number of aliphatic hydroxyl groups excluding tert-OH is 1. The van der Waals surface area contributed by atoms with Crippen LogP contribution >= 0.6 is 0 Å². The molecule has 0 unspecified atom stereocenters. The first-order chi connectivity index (χ1) is 13.0. The van der Waals surface area contributed by atoms with Crippen molar-refractivity contribution < 1.29 is 23.8 Å². The highest BCUT2D eigenvalue weighted by atomic mass is 19.1. The van der Waals surface area contributed by atoms with Crippen LogP contribution < -0.4 is 15.1 Å². The number of nitrogens with one attached hydrogen (secondary N) is 1. The van der Waals surface area contributed by atoms with Gasteiger partial charge in [-0.2, -0.15) is 0 Å². The predicted octanol–water partition coefficient (Wildman–Crippen LogP) is 1.28. The largest absolute Gasteiger partial charge is 0.442 e. The lowest BCUT2D eigenvalue weighted by molar-refractivity contribution is -0.119. The van der Waals surface area contributed by atoms with Gasteiger partial charge in [-0.1, -0.05) is 0 Å². The van der Waals surface area contributed by atoms with E-state index < -0.39 is 18.0 Å². The van der Waals surface area contributed by atoms with E-state index in [9.17, 15) is 14.0 Å². The number of piperidine rings is 1. The molecular formula is C18H23FN4O4. The number of carbonyl (C=O) groups is 2. The molecule has 0 aliphatic carbocycles. The fourth-order valence-electron chi connectivity index (χ4n) is 3.28. The van der Waals surface area contributed by atoms with E-state index in [0.29, 0.717) is 37.3 Å². The number of anilines is 2. The van der Waals surface area contributed by atoms with Crippen molar-refractivity contribution in [2.24, 2.45) is 4.99 Å². The molecule has 2 saturated heterocycles. The first-order valence-electron chi connectivity index (χ1n) is 8.88. The predicted molar refractivity (Wildman–Crippen MR) is 98.7 cm³/mol. The van der Waals surface area contributed by atoms with Crippen LogP contribution in [0, 0.1) is 5.82 Å². The number of ether oxygens (including phenoxy) is 1. The zero-order chi connectivity index (χ0) is 19.4. The van der Waals surface area contributed by atoms with E-state index in [1.54, 1.807) is 12.1 Å². The SMILES string of the molecule is CC(=O)NC[C@H]1CN(c2ccc(N3CCC(=NCO)CC3)c(F)c2)C(=O)O1. The summed E-state index contributed by atoms with van der Waals surface area (Å²) in [5.41, 5.74) is 1.84. The van der Waals surface area contributed by atoms with Crippen LogP contribution in [0.1, 0.15) is 19.8 Å². The molecule has 0 saturated carbocycles. The summed E-state index contributed by atoms with van der Waals surface area (Å²) in [5.74, 6) is -0.609. The van der Waals surface area contributed by atoms with Crippen LogP contribution in [0.4, 0.5) is 20.6 Å². The van der Waals surface area contributed by atoms with Crippen molar-refractivity contribution in [2.75, 3.05) is 42.7 Å². The molecule has 2 aliphatic heterocycles. The number of aliphatic imine (C=N–C) groups is 1. The number of aliphatic hydroxyl groups is 1. The summed E-state index contributed by atoms with van der Waals surface area (Å²) < 4.78 is 19.9. The quantitative estimate of drug-likeness (QED) is 0.805. The standard InChI is InChI=1S/C18H23FN4O4/c1-12(25)20-9-15-10-23(18(26)27-15)14-2-3-17(16(19)8-14)22-6-4-13(5-7-22)21-11-24/h2-3,8,15,24H,4-7,9-11H2,1H3,(H,20,25)/t15-/m0/s1. The lowest BCUT2D eigenvalue weighted by Crippen LogP contribution is -2.35. The number of benzene rings is 1. The zero-order valence-corrected chi connectivity index (χ0v) is 15.2. The zero-order valence-electron chi connectivity index (χ0n) is 15.2. The molecule has 1 atom stereocenters. The number of hydrogen-bond acceptors (Lipinski definition) is 6. The van der Waals surface area contributed by atoms with Crippen LogP contribution in [-0.4, -0.2) is 61.8 Å². The van der Waals surface area contributed by atoms with Gasteiger partial charge in [-0.25, -0.2) is 9.18 Å². The highest BCUT2D eigenvalue weighted by molar-refractivity contribution is 5.90. The summed E-state index contributed by atoms with van der Waals surface area (Å²) in [6, 6.07) is 4.68. The van der Waals surface area contributed by atoms with E-state index >= 15 is 0 Å². The molecule has 2 aliphatic rings. The summed E-state index contributed by atoms with van der Waals surface area (Å²) in [6.45, 7) is 2.90. The van der Waals surface area contributed by atoms with Crippen molar-refractivity contribution in [3.63, 3.8) is 0 Å². The molecule has 1 aromatic rings. The number of amides is 2. The topological polar surface area (TPSA) is 94.5 Å². The van der Waals surface area contributed by atoms with Crippen molar-refractivity contribution in [3.8, 4) is 0 Å². The summed E-state index contributed by atoms with van der Waals surface area (Å²) in [5, 5.41) is 11.5. The minimum Gasteiger partial charge on any atom is -0.442 e. The van der Waals surface area contributed by atoms with E-state index in [-0.39, 0.29) is 25.7 Å². The lowest BCUT2D eigenvalue weighted by atomic mass is 10.1. The van der Waals surface area contributed by atoms with Crippen molar-refractivity contribution >= 4 is 29.1 Å². The Balaban J connectivity index is 1.66. The van der Waals surface area contributed by atoms with E-state index in [1.165, 1.54) is 17.9 Å². The Morgan fingerprint density at radius 2 is 2.15 bits per heavy atom. The number of hydrogen-bond donors (Lipinski definition) is 2.